The number of H-pyrrole nitrogens is 1. The van der Waals surface area contributed by atoms with Gasteiger partial charge >= 0.3 is 5.97 Å². The largest absolute Gasteiger partial charge is 0.478 e. The van der Waals surface area contributed by atoms with E-state index in [0.717, 1.165) is 24.0 Å². The third-order valence-corrected chi connectivity index (χ3v) is 5.71. The molecule has 3 aromatic rings. The molecule has 5 heteroatoms. The van der Waals surface area contributed by atoms with E-state index in [1.54, 1.807) is 6.08 Å². The first-order valence-corrected chi connectivity index (χ1v) is 10.2. The van der Waals surface area contributed by atoms with Crippen LogP contribution in [0.25, 0.3) is 17.0 Å². The lowest BCUT2D eigenvalue weighted by atomic mass is 9.83. The van der Waals surface area contributed by atoms with Crippen molar-refractivity contribution >= 4 is 22.9 Å². The van der Waals surface area contributed by atoms with E-state index < -0.39 is 5.97 Å². The van der Waals surface area contributed by atoms with Crippen LogP contribution >= 0.6 is 0 Å². The fraction of sp³-hybridized carbons (Fsp3) is 0.333. The standard InChI is InChI=1S/C24H27N3O2/c1-15(2)14-27-16(3)12-20-19(9-10-22-21(20)13-25-26-22)24(27)18-7-4-17(5-8-18)6-11-23(28)29/h4-11,13,15-16,24H,12,14H2,1-3H3,(H,25,26)(H,28,29)/b11-6+/t16-,24-/m1/s1. The molecule has 5 nitrogen and oxygen atoms in total. The second kappa shape index (κ2) is 7.84. The number of fused-ring (bicyclic) bond motifs is 3. The topological polar surface area (TPSA) is 69.2 Å². The smallest absolute Gasteiger partial charge is 0.328 e. The second-order valence-corrected chi connectivity index (χ2v) is 8.35. The Labute approximate surface area is 171 Å². The van der Waals surface area contributed by atoms with Crippen LogP contribution in [0, 0.1) is 5.92 Å². The molecule has 4 rings (SSSR count). The Balaban J connectivity index is 1.80. The molecule has 0 bridgehead atoms. The average Bonchev–Trinajstić information content (AvgIpc) is 3.16. The summed E-state index contributed by atoms with van der Waals surface area (Å²) in [6, 6.07) is 13.2. The predicted octanol–water partition coefficient (Wildman–Crippen LogP) is 4.65. The van der Waals surface area contributed by atoms with Crippen molar-refractivity contribution in [1.29, 1.82) is 0 Å². The Hall–Kier alpha value is -2.92. The quantitative estimate of drug-likeness (QED) is 0.623. The molecule has 2 heterocycles. The van der Waals surface area contributed by atoms with Crippen LogP contribution < -0.4 is 0 Å². The van der Waals surface area contributed by atoms with Gasteiger partial charge in [-0.3, -0.25) is 10.00 Å². The summed E-state index contributed by atoms with van der Waals surface area (Å²) in [7, 11) is 0. The van der Waals surface area contributed by atoms with E-state index in [1.165, 1.54) is 28.2 Å². The van der Waals surface area contributed by atoms with Crippen LogP contribution in [0.5, 0.6) is 0 Å². The summed E-state index contributed by atoms with van der Waals surface area (Å²) in [6.45, 7) is 7.85. The first-order valence-electron chi connectivity index (χ1n) is 10.2. The van der Waals surface area contributed by atoms with E-state index in [2.05, 4.69) is 60.1 Å². The number of aliphatic carboxylic acids is 1. The maximum absolute atomic E-state index is 10.8. The van der Waals surface area contributed by atoms with Crippen LogP contribution in [0.15, 0.2) is 48.7 Å². The van der Waals surface area contributed by atoms with E-state index in [1.807, 2.05) is 18.3 Å². The molecule has 0 spiro atoms. The molecular weight excluding hydrogens is 362 g/mol. The Morgan fingerprint density at radius 2 is 2.03 bits per heavy atom. The van der Waals surface area contributed by atoms with Crippen LogP contribution in [0.1, 0.15) is 49.1 Å². The van der Waals surface area contributed by atoms with Crippen LogP contribution in [0.2, 0.25) is 0 Å². The minimum atomic E-state index is -0.934. The summed E-state index contributed by atoms with van der Waals surface area (Å²) < 4.78 is 0. The van der Waals surface area contributed by atoms with Gasteiger partial charge in [0, 0.05) is 24.0 Å². The molecule has 2 N–H and O–H groups in total. The number of aromatic amines is 1. The van der Waals surface area contributed by atoms with Gasteiger partial charge in [0.15, 0.2) is 0 Å². The van der Waals surface area contributed by atoms with Gasteiger partial charge in [-0.25, -0.2) is 4.79 Å². The summed E-state index contributed by atoms with van der Waals surface area (Å²) in [5.74, 6) is -0.367. The van der Waals surface area contributed by atoms with Crippen molar-refractivity contribution in [3.63, 3.8) is 0 Å². The molecule has 1 aliphatic heterocycles. The number of carbonyl (C=O) groups is 1. The molecule has 150 valence electrons. The lowest BCUT2D eigenvalue weighted by Gasteiger charge is -2.43. The van der Waals surface area contributed by atoms with Crippen molar-refractivity contribution in [3.8, 4) is 0 Å². The van der Waals surface area contributed by atoms with Crippen LogP contribution in [-0.2, 0) is 11.2 Å². The molecule has 1 aliphatic rings. The van der Waals surface area contributed by atoms with Crippen molar-refractivity contribution in [3.05, 3.63) is 70.9 Å². The summed E-state index contributed by atoms with van der Waals surface area (Å²) in [4.78, 5) is 13.4. The van der Waals surface area contributed by atoms with Crippen molar-refractivity contribution in [2.24, 2.45) is 5.92 Å². The molecule has 0 unspecified atom stereocenters. The number of rotatable bonds is 5. The zero-order chi connectivity index (χ0) is 20.5. The monoisotopic (exact) mass is 389 g/mol. The van der Waals surface area contributed by atoms with E-state index in [9.17, 15) is 4.79 Å². The summed E-state index contributed by atoms with van der Waals surface area (Å²) in [5.41, 5.74) is 5.92. The van der Waals surface area contributed by atoms with Gasteiger partial charge in [-0.05, 0) is 53.7 Å². The third kappa shape index (κ3) is 3.83. The Bertz CT molecular complexity index is 1050. The highest BCUT2D eigenvalue weighted by molar-refractivity contribution is 5.85. The Kier molecular flexibility index (Phi) is 5.24. The summed E-state index contributed by atoms with van der Waals surface area (Å²) >= 11 is 0. The molecule has 2 aromatic carbocycles. The Morgan fingerprint density at radius 1 is 1.28 bits per heavy atom. The molecule has 0 fully saturated rings. The lowest BCUT2D eigenvalue weighted by Crippen LogP contribution is -2.44. The van der Waals surface area contributed by atoms with E-state index in [0.29, 0.717) is 12.0 Å². The van der Waals surface area contributed by atoms with Crippen molar-refractivity contribution in [1.82, 2.24) is 15.1 Å². The minimum Gasteiger partial charge on any atom is -0.478 e. The SMILES string of the molecule is CC(C)CN1[C@H](c2ccc(/C=C/C(=O)O)cc2)c2ccc3[nH]ncc3c2C[C@H]1C. The highest BCUT2D eigenvalue weighted by Crippen LogP contribution is 2.40. The molecular formula is C24H27N3O2. The third-order valence-electron chi connectivity index (χ3n) is 5.71. The zero-order valence-electron chi connectivity index (χ0n) is 17.1. The second-order valence-electron chi connectivity index (χ2n) is 8.35. The number of aromatic nitrogens is 2. The molecule has 29 heavy (non-hydrogen) atoms. The molecule has 0 saturated carbocycles. The number of hydrogen-bond donors (Lipinski definition) is 2. The van der Waals surface area contributed by atoms with Gasteiger partial charge in [0.1, 0.15) is 0 Å². The van der Waals surface area contributed by atoms with Crippen LogP contribution in [0.3, 0.4) is 0 Å². The van der Waals surface area contributed by atoms with Gasteiger partial charge in [0.25, 0.3) is 0 Å². The molecule has 2 atom stereocenters. The van der Waals surface area contributed by atoms with Gasteiger partial charge in [-0.1, -0.05) is 44.2 Å². The van der Waals surface area contributed by atoms with Crippen molar-refractivity contribution in [2.75, 3.05) is 6.54 Å². The average molecular weight is 389 g/mol. The van der Waals surface area contributed by atoms with Gasteiger partial charge in [-0.15, -0.1) is 0 Å². The molecule has 0 aliphatic carbocycles. The summed E-state index contributed by atoms with van der Waals surface area (Å²) in [5, 5.41) is 17.4. The molecule has 0 saturated heterocycles. The fourth-order valence-electron chi connectivity index (χ4n) is 4.46. The van der Waals surface area contributed by atoms with Gasteiger partial charge in [0.2, 0.25) is 0 Å². The zero-order valence-corrected chi connectivity index (χ0v) is 17.1. The Morgan fingerprint density at radius 3 is 2.72 bits per heavy atom. The fourth-order valence-corrected chi connectivity index (χ4v) is 4.46. The molecule has 1 aromatic heterocycles. The minimum absolute atomic E-state index is 0.174. The van der Waals surface area contributed by atoms with E-state index >= 15 is 0 Å². The van der Waals surface area contributed by atoms with Gasteiger partial charge < -0.3 is 5.11 Å². The highest BCUT2D eigenvalue weighted by Gasteiger charge is 2.34. The number of carboxylic acid groups (broad SMARTS) is 1. The van der Waals surface area contributed by atoms with E-state index in [4.69, 9.17) is 5.11 Å². The number of nitrogens with one attached hydrogen (secondary N) is 1. The normalized spacial score (nSPS) is 19.9. The van der Waals surface area contributed by atoms with Gasteiger partial charge in [0.05, 0.1) is 17.8 Å². The maximum atomic E-state index is 10.8. The molecule has 0 amide bonds. The number of nitrogens with zero attached hydrogens (tertiary/aromatic N) is 2. The van der Waals surface area contributed by atoms with Gasteiger partial charge in [-0.2, -0.15) is 5.10 Å². The first kappa shape index (κ1) is 19.4. The number of carboxylic acids is 1. The summed E-state index contributed by atoms with van der Waals surface area (Å²) in [6.07, 6.45) is 5.75. The van der Waals surface area contributed by atoms with Crippen LogP contribution in [0.4, 0.5) is 0 Å². The number of hydrogen-bond acceptors (Lipinski definition) is 3. The maximum Gasteiger partial charge on any atom is 0.328 e. The van der Waals surface area contributed by atoms with Crippen molar-refractivity contribution in [2.45, 2.75) is 39.3 Å². The number of benzene rings is 2. The molecule has 0 radical (unpaired) electrons. The first-order chi connectivity index (χ1) is 13.9. The lowest BCUT2D eigenvalue weighted by molar-refractivity contribution is -0.131. The van der Waals surface area contributed by atoms with E-state index in [-0.39, 0.29) is 6.04 Å². The predicted molar refractivity (Wildman–Crippen MR) is 116 cm³/mol. The van der Waals surface area contributed by atoms with Crippen LogP contribution in [-0.4, -0.2) is 38.8 Å². The highest BCUT2D eigenvalue weighted by atomic mass is 16.4. The van der Waals surface area contributed by atoms with Crippen molar-refractivity contribution < 1.29 is 9.90 Å².